The van der Waals surface area contributed by atoms with Gasteiger partial charge < -0.3 is 9.80 Å². The summed E-state index contributed by atoms with van der Waals surface area (Å²) >= 11 is 0. The van der Waals surface area contributed by atoms with Gasteiger partial charge in [0, 0.05) is 37.3 Å². The summed E-state index contributed by atoms with van der Waals surface area (Å²) in [5.41, 5.74) is 5.38. The maximum absolute atomic E-state index is 14.7. The van der Waals surface area contributed by atoms with Gasteiger partial charge in [0.1, 0.15) is 13.7 Å². The third-order valence-corrected chi connectivity index (χ3v) is 8.08. The van der Waals surface area contributed by atoms with E-state index in [1.807, 2.05) is 63.5 Å². The third kappa shape index (κ3) is 5.23. The van der Waals surface area contributed by atoms with Gasteiger partial charge in [0.25, 0.3) is 0 Å². The first-order valence-corrected chi connectivity index (χ1v) is 13.2. The standard InChI is InChI=1S/C32H34BFN2O/c1-4-5-21-17-27(34)20-29(18-21)36(32(37)30-19-22-6-7-26(30)16-22)31(33)25-10-8-23(9-11-25)24-12-14-28(15-13-24)35(2)3/h4-5,8-15,17-18,20,22,26,30-31H,6-7,16,19H2,1-3H3/b5-4+. The van der Waals surface area contributed by atoms with Crippen LogP contribution in [0, 0.1) is 23.6 Å². The summed E-state index contributed by atoms with van der Waals surface area (Å²) in [6, 6.07) is 21.2. The van der Waals surface area contributed by atoms with Crippen LogP contribution in [0.15, 0.2) is 72.8 Å². The van der Waals surface area contributed by atoms with Crippen molar-refractivity contribution in [3.63, 3.8) is 0 Å². The molecule has 2 aliphatic carbocycles. The second kappa shape index (κ2) is 10.6. The second-order valence-electron chi connectivity index (χ2n) is 10.7. The number of carbonyl (C=O) groups excluding carboxylic acids is 1. The molecule has 2 saturated carbocycles. The summed E-state index contributed by atoms with van der Waals surface area (Å²) in [5, 5.41) is 0. The summed E-state index contributed by atoms with van der Waals surface area (Å²) in [7, 11) is 10.9. The normalized spacial score (nSPS) is 21.4. The smallest absolute Gasteiger partial charge is 0.230 e. The molecule has 0 aliphatic heterocycles. The molecule has 0 aromatic heterocycles. The largest absolute Gasteiger partial charge is 0.378 e. The van der Waals surface area contributed by atoms with Crippen LogP contribution in [0.25, 0.3) is 17.2 Å². The molecule has 3 aromatic carbocycles. The Labute approximate surface area is 221 Å². The average molecular weight is 492 g/mol. The Bertz CT molecular complexity index is 1290. The van der Waals surface area contributed by atoms with Gasteiger partial charge in [-0.25, -0.2) is 4.39 Å². The van der Waals surface area contributed by atoms with Crippen LogP contribution < -0.4 is 9.80 Å². The molecule has 2 bridgehead atoms. The van der Waals surface area contributed by atoms with Crippen LogP contribution in [0.2, 0.25) is 0 Å². The van der Waals surface area contributed by atoms with Gasteiger partial charge in [0.05, 0.1) is 0 Å². The number of hydrogen-bond donors (Lipinski definition) is 0. The van der Waals surface area contributed by atoms with Gasteiger partial charge in [-0.3, -0.25) is 4.79 Å². The van der Waals surface area contributed by atoms with Crippen LogP contribution >= 0.6 is 0 Å². The minimum absolute atomic E-state index is 0.0140. The zero-order valence-electron chi connectivity index (χ0n) is 21.9. The summed E-state index contributed by atoms with van der Waals surface area (Å²) in [5.74, 6) is -0.0884. The summed E-state index contributed by atoms with van der Waals surface area (Å²) in [4.78, 5) is 17.7. The zero-order chi connectivity index (χ0) is 26.1. The van der Waals surface area contributed by atoms with Crippen LogP contribution in [0.1, 0.15) is 49.7 Å². The SMILES string of the molecule is [B]C(c1ccc(-c2ccc(N(C)C)cc2)cc1)N(C(=O)C1CC2CCC1C2)c1cc(F)cc(/C=C/C)c1. The van der Waals surface area contributed by atoms with Gasteiger partial charge >= 0.3 is 0 Å². The van der Waals surface area contributed by atoms with Gasteiger partial charge in [0.15, 0.2) is 0 Å². The number of anilines is 2. The average Bonchev–Trinajstić information content (AvgIpc) is 3.53. The molecule has 2 fully saturated rings. The molecule has 5 rings (SSSR count). The number of amides is 1. The number of nitrogens with zero attached hydrogens (tertiary/aromatic N) is 2. The molecule has 4 unspecified atom stereocenters. The fourth-order valence-electron chi connectivity index (χ4n) is 6.15. The molecule has 3 nitrogen and oxygen atoms in total. The Balaban J connectivity index is 1.47. The molecular weight excluding hydrogens is 458 g/mol. The fraction of sp³-hybridized carbons (Fsp3) is 0.344. The Morgan fingerprint density at radius 1 is 0.946 bits per heavy atom. The number of carbonyl (C=O) groups is 1. The van der Waals surface area contributed by atoms with E-state index in [-0.39, 0.29) is 17.6 Å². The van der Waals surface area contributed by atoms with Crippen LogP contribution in [-0.2, 0) is 4.79 Å². The molecule has 2 aliphatic rings. The first-order chi connectivity index (χ1) is 17.8. The van der Waals surface area contributed by atoms with E-state index in [0.717, 1.165) is 41.6 Å². The van der Waals surface area contributed by atoms with Gasteiger partial charge in [-0.05, 0) is 90.6 Å². The highest BCUT2D eigenvalue weighted by atomic mass is 19.1. The van der Waals surface area contributed by atoms with E-state index < -0.39 is 5.94 Å². The molecule has 1 amide bonds. The molecule has 37 heavy (non-hydrogen) atoms. The molecular formula is C32H34BFN2O. The predicted octanol–water partition coefficient (Wildman–Crippen LogP) is 7.23. The minimum Gasteiger partial charge on any atom is -0.378 e. The van der Waals surface area contributed by atoms with Gasteiger partial charge in [0.2, 0.25) is 5.91 Å². The number of fused-ring (bicyclic) bond motifs is 2. The van der Waals surface area contributed by atoms with Crippen LogP contribution in [0.4, 0.5) is 15.8 Å². The highest BCUT2D eigenvalue weighted by Crippen LogP contribution is 2.49. The van der Waals surface area contributed by atoms with E-state index in [4.69, 9.17) is 7.85 Å². The maximum Gasteiger partial charge on any atom is 0.230 e. The van der Waals surface area contributed by atoms with Crippen molar-refractivity contribution in [3.05, 3.63) is 89.8 Å². The van der Waals surface area contributed by atoms with E-state index >= 15 is 0 Å². The van der Waals surface area contributed by atoms with E-state index in [1.54, 1.807) is 4.90 Å². The Kier molecular flexibility index (Phi) is 7.23. The second-order valence-corrected chi connectivity index (χ2v) is 10.7. The summed E-state index contributed by atoms with van der Waals surface area (Å²) in [6.07, 6.45) is 8.04. The topological polar surface area (TPSA) is 23.6 Å². The van der Waals surface area contributed by atoms with Crippen LogP contribution in [-0.4, -0.2) is 27.8 Å². The lowest BCUT2D eigenvalue weighted by atomic mass is 9.82. The monoisotopic (exact) mass is 492 g/mol. The molecule has 0 heterocycles. The summed E-state index contributed by atoms with van der Waals surface area (Å²) in [6.45, 7) is 1.89. The number of benzene rings is 3. The number of hydrogen-bond acceptors (Lipinski definition) is 2. The van der Waals surface area contributed by atoms with Crippen LogP contribution in [0.5, 0.6) is 0 Å². The van der Waals surface area contributed by atoms with Crippen molar-refractivity contribution < 1.29 is 9.18 Å². The Hall–Kier alpha value is -3.34. The molecule has 2 radical (unpaired) electrons. The maximum atomic E-state index is 14.7. The lowest BCUT2D eigenvalue weighted by Gasteiger charge is -2.35. The quantitative estimate of drug-likeness (QED) is 0.325. The Morgan fingerprint density at radius 3 is 2.19 bits per heavy atom. The molecule has 188 valence electrons. The van der Waals surface area contributed by atoms with Gasteiger partial charge in [-0.1, -0.05) is 55.0 Å². The third-order valence-electron chi connectivity index (χ3n) is 8.08. The highest BCUT2D eigenvalue weighted by molar-refractivity contribution is 6.18. The molecule has 0 saturated heterocycles. The van der Waals surface area contributed by atoms with E-state index in [9.17, 15) is 9.18 Å². The lowest BCUT2D eigenvalue weighted by molar-refractivity contribution is -0.124. The zero-order valence-corrected chi connectivity index (χ0v) is 21.9. The lowest BCUT2D eigenvalue weighted by Crippen LogP contribution is -2.41. The van der Waals surface area contributed by atoms with Gasteiger partial charge in [-0.2, -0.15) is 0 Å². The molecule has 3 aromatic rings. The van der Waals surface area contributed by atoms with Crippen molar-refractivity contribution in [1.82, 2.24) is 0 Å². The van der Waals surface area contributed by atoms with Crippen LogP contribution in [0.3, 0.4) is 0 Å². The molecule has 4 atom stereocenters. The molecule has 5 heteroatoms. The fourth-order valence-corrected chi connectivity index (χ4v) is 6.15. The van der Waals surface area contributed by atoms with E-state index in [0.29, 0.717) is 23.1 Å². The van der Waals surface area contributed by atoms with Crippen molar-refractivity contribution in [3.8, 4) is 11.1 Å². The first-order valence-electron chi connectivity index (χ1n) is 13.2. The number of allylic oxidation sites excluding steroid dienone is 1. The van der Waals surface area contributed by atoms with Gasteiger partial charge in [-0.15, -0.1) is 0 Å². The molecule has 0 spiro atoms. The van der Waals surface area contributed by atoms with Crippen molar-refractivity contribution in [2.45, 2.75) is 38.5 Å². The van der Waals surface area contributed by atoms with E-state index in [2.05, 4.69) is 29.2 Å². The Morgan fingerprint density at radius 2 is 1.62 bits per heavy atom. The van der Waals surface area contributed by atoms with Crippen molar-refractivity contribution in [1.29, 1.82) is 0 Å². The first kappa shape index (κ1) is 25.3. The highest BCUT2D eigenvalue weighted by Gasteiger charge is 2.45. The van der Waals surface area contributed by atoms with E-state index in [1.165, 1.54) is 18.6 Å². The predicted molar refractivity (Wildman–Crippen MR) is 152 cm³/mol. The minimum atomic E-state index is -0.711. The van der Waals surface area contributed by atoms with Crippen molar-refractivity contribution in [2.24, 2.45) is 17.8 Å². The van der Waals surface area contributed by atoms with Crippen molar-refractivity contribution in [2.75, 3.05) is 23.9 Å². The number of rotatable bonds is 7. The van der Waals surface area contributed by atoms with Crippen molar-refractivity contribution >= 4 is 31.2 Å². The summed E-state index contributed by atoms with van der Waals surface area (Å²) < 4.78 is 14.7. The number of halogens is 1. The molecule has 0 N–H and O–H groups in total.